The van der Waals surface area contributed by atoms with Crippen molar-refractivity contribution in [2.45, 2.75) is 62.4 Å². The van der Waals surface area contributed by atoms with Crippen LogP contribution in [-0.4, -0.2) is 50.9 Å². The van der Waals surface area contributed by atoms with Gasteiger partial charge in [0.25, 0.3) is 0 Å². The smallest absolute Gasteiger partial charge is 0.240 e. The van der Waals surface area contributed by atoms with E-state index in [0.29, 0.717) is 23.4 Å². The summed E-state index contributed by atoms with van der Waals surface area (Å²) in [4.78, 5) is 14.8. The van der Waals surface area contributed by atoms with Crippen molar-refractivity contribution in [1.82, 2.24) is 14.9 Å². The van der Waals surface area contributed by atoms with E-state index in [1.807, 2.05) is 0 Å². The van der Waals surface area contributed by atoms with Crippen LogP contribution in [0.2, 0.25) is 0 Å². The average Bonchev–Trinajstić information content (AvgIpc) is 2.66. The summed E-state index contributed by atoms with van der Waals surface area (Å²) in [6, 6.07) is 8.69. The van der Waals surface area contributed by atoms with E-state index in [-0.39, 0.29) is 11.9 Å². The second-order valence-corrected chi connectivity index (χ2v) is 9.63. The minimum atomic E-state index is -3.47. The molecule has 2 aliphatic rings. The Morgan fingerprint density at radius 3 is 2.41 bits per heavy atom. The van der Waals surface area contributed by atoms with Crippen LogP contribution in [0.25, 0.3) is 0 Å². The second-order valence-electron chi connectivity index (χ2n) is 7.92. The van der Waals surface area contributed by atoms with Crippen LogP contribution in [0.1, 0.15) is 45.4 Å². The minimum absolute atomic E-state index is 0.0760. The van der Waals surface area contributed by atoms with Gasteiger partial charge in [-0.25, -0.2) is 13.1 Å². The van der Waals surface area contributed by atoms with Crippen molar-refractivity contribution in [2.75, 3.05) is 19.6 Å². The largest absolute Gasteiger partial charge is 0.352 e. The van der Waals surface area contributed by atoms with Gasteiger partial charge in [-0.3, -0.25) is 9.69 Å². The summed E-state index contributed by atoms with van der Waals surface area (Å²) in [5.41, 5.74) is 0. The molecule has 1 heterocycles. The maximum absolute atomic E-state index is 12.4. The molecule has 2 N–H and O–H groups in total. The summed E-state index contributed by atoms with van der Waals surface area (Å²) >= 11 is 0. The first-order valence-corrected chi connectivity index (χ1v) is 11.5. The summed E-state index contributed by atoms with van der Waals surface area (Å²) < 4.78 is 27.6. The van der Waals surface area contributed by atoms with Crippen LogP contribution < -0.4 is 10.0 Å². The molecular weight excluding hydrogens is 362 g/mol. The average molecular weight is 394 g/mol. The van der Waals surface area contributed by atoms with Crippen LogP contribution in [0, 0.1) is 5.92 Å². The van der Waals surface area contributed by atoms with E-state index in [9.17, 15) is 13.2 Å². The van der Waals surface area contributed by atoms with Gasteiger partial charge < -0.3 is 5.32 Å². The molecule has 6 nitrogen and oxygen atoms in total. The number of rotatable bonds is 6. The highest BCUT2D eigenvalue weighted by Crippen LogP contribution is 2.23. The lowest BCUT2D eigenvalue weighted by molar-refractivity contribution is -0.123. The van der Waals surface area contributed by atoms with E-state index in [1.165, 1.54) is 19.3 Å². The Balaban J connectivity index is 1.43. The monoisotopic (exact) mass is 393 g/mol. The predicted octanol–water partition coefficient (Wildman–Crippen LogP) is 2.12. The van der Waals surface area contributed by atoms with E-state index in [0.717, 1.165) is 32.4 Å². The number of benzene rings is 1. The zero-order valence-electron chi connectivity index (χ0n) is 16.1. The maximum atomic E-state index is 12.4. The number of hydrogen-bond donors (Lipinski definition) is 2. The quantitative estimate of drug-likeness (QED) is 0.776. The fourth-order valence-corrected chi connectivity index (χ4v) is 5.41. The molecule has 1 saturated carbocycles. The Morgan fingerprint density at radius 2 is 1.74 bits per heavy atom. The van der Waals surface area contributed by atoms with E-state index < -0.39 is 10.0 Å². The molecule has 27 heavy (non-hydrogen) atoms. The molecule has 2 fully saturated rings. The molecule has 1 amide bonds. The summed E-state index contributed by atoms with van der Waals surface area (Å²) in [7, 11) is -3.47. The third-order valence-corrected chi connectivity index (χ3v) is 7.32. The molecule has 7 heteroatoms. The van der Waals surface area contributed by atoms with Gasteiger partial charge in [-0.05, 0) is 43.7 Å². The number of nitrogens with zero attached hydrogens (tertiary/aromatic N) is 1. The summed E-state index contributed by atoms with van der Waals surface area (Å²) in [6.45, 7) is 4.08. The highest BCUT2D eigenvalue weighted by Gasteiger charge is 2.27. The van der Waals surface area contributed by atoms with Crippen molar-refractivity contribution in [2.24, 2.45) is 5.92 Å². The standard InChI is InChI=1S/C20H31N3O3S/c1-16-7-5-6-10-19(16)21-20(24)15-23-13-11-17(12-14-23)22-27(25,26)18-8-3-2-4-9-18/h2-4,8-9,16-17,19,22H,5-7,10-15H2,1H3,(H,21,24)/t16-,19-/m0/s1. The van der Waals surface area contributed by atoms with Crippen molar-refractivity contribution in [1.29, 1.82) is 0 Å². The van der Waals surface area contributed by atoms with E-state index in [2.05, 4.69) is 21.9 Å². The molecule has 150 valence electrons. The number of nitrogens with one attached hydrogen (secondary N) is 2. The lowest BCUT2D eigenvalue weighted by Crippen LogP contribution is -2.49. The molecule has 0 unspecified atom stereocenters. The first kappa shape index (κ1) is 20.3. The number of sulfonamides is 1. The van der Waals surface area contributed by atoms with Gasteiger partial charge in [0.1, 0.15) is 0 Å². The molecule has 0 radical (unpaired) electrons. The van der Waals surface area contributed by atoms with Gasteiger partial charge in [0.2, 0.25) is 15.9 Å². The predicted molar refractivity (Wildman–Crippen MR) is 106 cm³/mol. The van der Waals surface area contributed by atoms with Crippen molar-refractivity contribution in [3.63, 3.8) is 0 Å². The number of hydrogen-bond acceptors (Lipinski definition) is 4. The van der Waals surface area contributed by atoms with Crippen molar-refractivity contribution < 1.29 is 13.2 Å². The molecule has 1 aliphatic heterocycles. The Labute approximate surface area is 162 Å². The van der Waals surface area contributed by atoms with Crippen molar-refractivity contribution >= 4 is 15.9 Å². The summed E-state index contributed by atoms with van der Waals surface area (Å²) in [6.07, 6.45) is 6.18. The van der Waals surface area contributed by atoms with Gasteiger partial charge in [0.05, 0.1) is 11.4 Å². The Bertz CT molecular complexity index is 715. The lowest BCUT2D eigenvalue weighted by Gasteiger charge is -2.33. The SMILES string of the molecule is C[C@H]1CCCC[C@@H]1NC(=O)CN1CCC(NS(=O)(=O)c2ccccc2)CC1. The second kappa shape index (κ2) is 9.17. The molecule has 0 aromatic heterocycles. The zero-order valence-corrected chi connectivity index (χ0v) is 16.9. The molecule has 2 atom stereocenters. The fraction of sp³-hybridized carbons (Fsp3) is 0.650. The highest BCUT2D eigenvalue weighted by molar-refractivity contribution is 7.89. The molecule has 1 saturated heterocycles. The van der Waals surface area contributed by atoms with E-state index >= 15 is 0 Å². The van der Waals surface area contributed by atoms with Crippen LogP contribution >= 0.6 is 0 Å². The van der Waals surface area contributed by atoms with E-state index in [4.69, 9.17) is 0 Å². The van der Waals surface area contributed by atoms with Crippen molar-refractivity contribution in [3.05, 3.63) is 30.3 Å². The van der Waals surface area contributed by atoms with Crippen LogP contribution in [-0.2, 0) is 14.8 Å². The Kier molecular flexibility index (Phi) is 6.89. The number of carbonyl (C=O) groups is 1. The van der Waals surface area contributed by atoms with Crippen LogP contribution in [0.4, 0.5) is 0 Å². The van der Waals surface area contributed by atoms with Crippen LogP contribution in [0.5, 0.6) is 0 Å². The zero-order chi connectivity index (χ0) is 19.3. The van der Waals surface area contributed by atoms with Crippen molar-refractivity contribution in [3.8, 4) is 0 Å². The molecule has 0 bridgehead atoms. The topological polar surface area (TPSA) is 78.5 Å². The third kappa shape index (κ3) is 5.77. The first-order chi connectivity index (χ1) is 12.9. The summed E-state index contributed by atoms with van der Waals surface area (Å²) in [5, 5.41) is 3.19. The molecule has 0 spiro atoms. The molecule has 1 aromatic carbocycles. The lowest BCUT2D eigenvalue weighted by atomic mass is 9.86. The number of amides is 1. The summed E-state index contributed by atoms with van der Waals surface area (Å²) in [5.74, 6) is 0.651. The third-order valence-electron chi connectivity index (χ3n) is 5.79. The Morgan fingerprint density at radius 1 is 1.07 bits per heavy atom. The molecule has 1 aromatic rings. The highest BCUT2D eigenvalue weighted by atomic mass is 32.2. The minimum Gasteiger partial charge on any atom is -0.352 e. The van der Waals surface area contributed by atoms with Gasteiger partial charge in [-0.1, -0.05) is 38.0 Å². The van der Waals surface area contributed by atoms with Crippen LogP contribution in [0.3, 0.4) is 0 Å². The van der Waals surface area contributed by atoms with Gasteiger partial charge in [0.15, 0.2) is 0 Å². The molecular formula is C20H31N3O3S. The molecule has 3 rings (SSSR count). The fourth-order valence-electron chi connectivity index (χ4n) is 4.08. The number of likely N-dealkylation sites (tertiary alicyclic amines) is 1. The van der Waals surface area contributed by atoms with Gasteiger partial charge in [-0.15, -0.1) is 0 Å². The Hall–Kier alpha value is -1.44. The van der Waals surface area contributed by atoms with Crippen LogP contribution in [0.15, 0.2) is 35.2 Å². The normalized spacial score (nSPS) is 25.2. The number of carbonyl (C=O) groups excluding carboxylic acids is 1. The number of piperidine rings is 1. The van der Waals surface area contributed by atoms with E-state index in [1.54, 1.807) is 30.3 Å². The first-order valence-electron chi connectivity index (χ1n) is 10.0. The van der Waals surface area contributed by atoms with Gasteiger partial charge in [-0.2, -0.15) is 0 Å². The van der Waals surface area contributed by atoms with Gasteiger partial charge in [0, 0.05) is 25.2 Å². The maximum Gasteiger partial charge on any atom is 0.240 e. The van der Waals surface area contributed by atoms with Gasteiger partial charge >= 0.3 is 0 Å². The molecule has 1 aliphatic carbocycles.